The number of hydrogen-bond donors (Lipinski definition) is 1. The first-order chi connectivity index (χ1) is 10.4. The fourth-order valence-corrected chi connectivity index (χ4v) is 2.33. The van der Waals surface area contributed by atoms with Gasteiger partial charge >= 0.3 is 0 Å². The van der Waals surface area contributed by atoms with Crippen molar-refractivity contribution in [2.75, 3.05) is 13.2 Å². The van der Waals surface area contributed by atoms with Crippen molar-refractivity contribution in [2.45, 2.75) is 32.1 Å². The standard InChI is InChI=1S/C19H25NO/c20-14-6-1-2-7-15-21-19-12-10-18(11-13-19)16-17-8-4-3-5-9-17/h3-5,8-13H,1-2,6-7,14-16,20H2. The maximum Gasteiger partial charge on any atom is 0.119 e. The predicted octanol–water partition coefficient (Wildman–Crippen LogP) is 4.18. The molecule has 2 aromatic rings. The smallest absolute Gasteiger partial charge is 0.119 e. The molecule has 112 valence electrons. The second-order valence-corrected chi connectivity index (χ2v) is 5.36. The van der Waals surface area contributed by atoms with Gasteiger partial charge < -0.3 is 10.5 Å². The summed E-state index contributed by atoms with van der Waals surface area (Å²) in [6.45, 7) is 1.59. The van der Waals surface area contributed by atoms with E-state index >= 15 is 0 Å². The van der Waals surface area contributed by atoms with E-state index in [9.17, 15) is 0 Å². The van der Waals surface area contributed by atoms with Crippen LogP contribution in [-0.2, 0) is 6.42 Å². The van der Waals surface area contributed by atoms with Crippen molar-refractivity contribution in [2.24, 2.45) is 5.73 Å². The highest BCUT2D eigenvalue weighted by molar-refractivity contribution is 5.31. The Morgan fingerprint density at radius 1 is 0.714 bits per heavy atom. The summed E-state index contributed by atoms with van der Waals surface area (Å²) in [5.74, 6) is 0.964. The number of benzene rings is 2. The summed E-state index contributed by atoms with van der Waals surface area (Å²) in [5, 5.41) is 0. The molecule has 2 N–H and O–H groups in total. The highest BCUT2D eigenvalue weighted by Crippen LogP contribution is 2.15. The Bertz CT molecular complexity index is 493. The zero-order chi connectivity index (χ0) is 14.8. The zero-order valence-corrected chi connectivity index (χ0v) is 12.6. The van der Waals surface area contributed by atoms with E-state index in [1.54, 1.807) is 0 Å². The molecule has 0 amide bonds. The molecule has 0 atom stereocenters. The predicted molar refractivity (Wildman–Crippen MR) is 88.7 cm³/mol. The molecular weight excluding hydrogens is 258 g/mol. The number of rotatable bonds is 9. The summed E-state index contributed by atoms with van der Waals surface area (Å²) >= 11 is 0. The third-order valence-corrected chi connectivity index (χ3v) is 3.54. The third-order valence-electron chi connectivity index (χ3n) is 3.54. The summed E-state index contributed by atoms with van der Waals surface area (Å²) in [6.07, 6.45) is 5.60. The Balaban J connectivity index is 1.72. The van der Waals surface area contributed by atoms with Crippen LogP contribution < -0.4 is 10.5 Å². The zero-order valence-electron chi connectivity index (χ0n) is 12.6. The number of hydrogen-bond acceptors (Lipinski definition) is 2. The van der Waals surface area contributed by atoms with Crippen LogP contribution in [-0.4, -0.2) is 13.2 Å². The monoisotopic (exact) mass is 283 g/mol. The summed E-state index contributed by atoms with van der Waals surface area (Å²) in [5.41, 5.74) is 8.13. The van der Waals surface area contributed by atoms with E-state index in [0.717, 1.165) is 38.2 Å². The minimum Gasteiger partial charge on any atom is -0.494 e. The van der Waals surface area contributed by atoms with E-state index in [2.05, 4.69) is 48.5 Å². The Morgan fingerprint density at radius 3 is 2.10 bits per heavy atom. The van der Waals surface area contributed by atoms with E-state index in [-0.39, 0.29) is 0 Å². The van der Waals surface area contributed by atoms with E-state index in [1.807, 2.05) is 6.07 Å². The van der Waals surface area contributed by atoms with Crippen LogP contribution in [0.15, 0.2) is 54.6 Å². The Hall–Kier alpha value is -1.80. The third kappa shape index (κ3) is 6.01. The largest absolute Gasteiger partial charge is 0.494 e. The minimum absolute atomic E-state index is 0.794. The van der Waals surface area contributed by atoms with E-state index in [1.165, 1.54) is 24.0 Å². The molecule has 0 spiro atoms. The van der Waals surface area contributed by atoms with Crippen LogP contribution in [0.25, 0.3) is 0 Å². The van der Waals surface area contributed by atoms with Crippen LogP contribution in [0.2, 0.25) is 0 Å². The highest BCUT2D eigenvalue weighted by atomic mass is 16.5. The Kier molecular flexibility index (Phi) is 6.82. The first kappa shape index (κ1) is 15.6. The normalized spacial score (nSPS) is 10.5. The van der Waals surface area contributed by atoms with Gasteiger partial charge in [0, 0.05) is 0 Å². The van der Waals surface area contributed by atoms with Gasteiger partial charge in [-0.2, -0.15) is 0 Å². The van der Waals surface area contributed by atoms with Gasteiger partial charge in [-0.05, 0) is 49.1 Å². The van der Waals surface area contributed by atoms with Crippen molar-refractivity contribution in [3.8, 4) is 5.75 Å². The highest BCUT2D eigenvalue weighted by Gasteiger charge is 1.98. The molecule has 2 aromatic carbocycles. The molecule has 21 heavy (non-hydrogen) atoms. The fraction of sp³-hybridized carbons (Fsp3) is 0.368. The Labute approximate surface area is 127 Å². The van der Waals surface area contributed by atoms with Crippen LogP contribution >= 0.6 is 0 Å². The van der Waals surface area contributed by atoms with E-state index in [4.69, 9.17) is 10.5 Å². The van der Waals surface area contributed by atoms with Gasteiger partial charge in [0.25, 0.3) is 0 Å². The summed E-state index contributed by atoms with van der Waals surface area (Å²) in [7, 11) is 0. The van der Waals surface area contributed by atoms with Crippen molar-refractivity contribution < 1.29 is 4.74 Å². The van der Waals surface area contributed by atoms with Crippen LogP contribution in [0.1, 0.15) is 36.8 Å². The van der Waals surface area contributed by atoms with E-state index < -0.39 is 0 Å². The SMILES string of the molecule is NCCCCCCOc1ccc(Cc2ccccc2)cc1. The first-order valence-corrected chi connectivity index (χ1v) is 7.84. The first-order valence-electron chi connectivity index (χ1n) is 7.84. The molecule has 0 aromatic heterocycles. The molecule has 0 saturated carbocycles. The molecule has 0 unspecified atom stereocenters. The maximum absolute atomic E-state index is 5.76. The lowest BCUT2D eigenvalue weighted by atomic mass is 10.1. The van der Waals surface area contributed by atoms with Crippen LogP contribution in [0.4, 0.5) is 0 Å². The molecule has 0 radical (unpaired) electrons. The maximum atomic E-state index is 5.76. The van der Waals surface area contributed by atoms with Crippen LogP contribution in [0.3, 0.4) is 0 Å². The Morgan fingerprint density at radius 2 is 1.38 bits per heavy atom. The average molecular weight is 283 g/mol. The number of unbranched alkanes of at least 4 members (excludes halogenated alkanes) is 3. The van der Waals surface area contributed by atoms with Gasteiger partial charge in [0.2, 0.25) is 0 Å². The molecule has 0 fully saturated rings. The van der Waals surface area contributed by atoms with Crippen LogP contribution in [0.5, 0.6) is 5.75 Å². The van der Waals surface area contributed by atoms with Crippen molar-refractivity contribution in [3.05, 3.63) is 65.7 Å². The van der Waals surface area contributed by atoms with Gasteiger partial charge in [-0.1, -0.05) is 55.3 Å². The molecule has 0 heterocycles. The van der Waals surface area contributed by atoms with E-state index in [0.29, 0.717) is 0 Å². The summed E-state index contributed by atoms with van der Waals surface area (Å²) < 4.78 is 5.76. The topological polar surface area (TPSA) is 35.2 Å². The quantitative estimate of drug-likeness (QED) is 0.701. The molecule has 2 heteroatoms. The molecule has 0 bridgehead atoms. The minimum atomic E-state index is 0.794. The second-order valence-electron chi connectivity index (χ2n) is 5.36. The van der Waals surface area contributed by atoms with Gasteiger partial charge in [-0.25, -0.2) is 0 Å². The van der Waals surface area contributed by atoms with Crippen LogP contribution in [0, 0.1) is 0 Å². The molecule has 2 rings (SSSR count). The second kappa shape index (κ2) is 9.19. The molecule has 0 saturated heterocycles. The van der Waals surface area contributed by atoms with Crippen molar-refractivity contribution in [1.82, 2.24) is 0 Å². The molecule has 0 aliphatic heterocycles. The van der Waals surface area contributed by atoms with Gasteiger partial charge in [-0.3, -0.25) is 0 Å². The average Bonchev–Trinajstić information content (AvgIpc) is 2.53. The summed E-state index contributed by atoms with van der Waals surface area (Å²) in [4.78, 5) is 0. The number of ether oxygens (including phenoxy) is 1. The van der Waals surface area contributed by atoms with Crippen molar-refractivity contribution in [3.63, 3.8) is 0 Å². The lowest BCUT2D eigenvalue weighted by Crippen LogP contribution is -2.00. The van der Waals surface area contributed by atoms with Gasteiger partial charge in [-0.15, -0.1) is 0 Å². The lowest BCUT2D eigenvalue weighted by Gasteiger charge is -2.07. The van der Waals surface area contributed by atoms with Crippen molar-refractivity contribution in [1.29, 1.82) is 0 Å². The van der Waals surface area contributed by atoms with Crippen molar-refractivity contribution >= 4 is 0 Å². The molecular formula is C19H25NO. The van der Waals surface area contributed by atoms with Gasteiger partial charge in [0.05, 0.1) is 6.61 Å². The summed E-state index contributed by atoms with van der Waals surface area (Å²) in [6, 6.07) is 19.0. The lowest BCUT2D eigenvalue weighted by molar-refractivity contribution is 0.305. The van der Waals surface area contributed by atoms with Gasteiger partial charge in [0.15, 0.2) is 0 Å². The molecule has 2 nitrogen and oxygen atoms in total. The van der Waals surface area contributed by atoms with Gasteiger partial charge in [0.1, 0.15) is 5.75 Å². The number of nitrogens with two attached hydrogens (primary N) is 1. The molecule has 0 aliphatic rings. The molecule has 0 aliphatic carbocycles. The fourth-order valence-electron chi connectivity index (χ4n) is 2.33.